The highest BCUT2D eigenvalue weighted by molar-refractivity contribution is 5.75. The van der Waals surface area contributed by atoms with E-state index in [2.05, 4.69) is 48.5 Å². The Kier molecular flexibility index (Phi) is 9.94. The minimum Gasteiger partial charge on any atom is -0.398 e. The van der Waals surface area contributed by atoms with Crippen molar-refractivity contribution in [2.45, 2.75) is 55.4 Å². The zero-order valence-electron chi connectivity index (χ0n) is 23.8. The van der Waals surface area contributed by atoms with Gasteiger partial charge >= 0.3 is 0 Å². The van der Waals surface area contributed by atoms with Crippen LogP contribution in [0.15, 0.2) is 48.5 Å². The molecule has 38 heavy (non-hydrogen) atoms. The van der Waals surface area contributed by atoms with Gasteiger partial charge in [0.15, 0.2) is 0 Å². The molecule has 4 aromatic carbocycles. The third-order valence-electron chi connectivity index (χ3n) is 7.04. The van der Waals surface area contributed by atoms with Gasteiger partial charge in [0, 0.05) is 22.7 Å². The molecule has 0 fully saturated rings. The Morgan fingerprint density at radius 1 is 0.316 bits per heavy atom. The van der Waals surface area contributed by atoms with Crippen LogP contribution < -0.4 is 22.9 Å². The number of hydrogen-bond acceptors (Lipinski definition) is 6. The van der Waals surface area contributed by atoms with Crippen LogP contribution in [0, 0.1) is 55.4 Å². The molecule has 10 N–H and O–H groups in total. The molecule has 6 heteroatoms. The molecule has 6 nitrogen and oxygen atoms in total. The molecule has 202 valence electrons. The third-order valence-corrected chi connectivity index (χ3v) is 7.04. The molecule has 0 aromatic heterocycles. The van der Waals surface area contributed by atoms with Crippen molar-refractivity contribution in [3.8, 4) is 22.3 Å². The summed E-state index contributed by atoms with van der Waals surface area (Å²) in [5, 5.41) is 12.0. The van der Waals surface area contributed by atoms with Crippen LogP contribution in [-0.4, -0.2) is 10.5 Å². The summed E-state index contributed by atoms with van der Waals surface area (Å²) < 4.78 is 0. The average Bonchev–Trinajstić information content (AvgIpc) is 2.88. The monoisotopic (exact) mass is 514 g/mol. The van der Waals surface area contributed by atoms with Gasteiger partial charge in [-0.3, -0.25) is 10.5 Å². The van der Waals surface area contributed by atoms with Crippen LogP contribution in [-0.2, 0) is 0 Å². The molecule has 0 spiro atoms. The first kappa shape index (κ1) is 30.2. The lowest BCUT2D eigenvalue weighted by Gasteiger charge is -2.12. The molecule has 0 aliphatic carbocycles. The predicted octanol–water partition coefficient (Wildman–Crippen LogP) is 7.52. The Balaban J connectivity index is 0.000000251. The number of anilines is 4. The zero-order chi connectivity index (χ0) is 28.9. The Morgan fingerprint density at radius 3 is 0.526 bits per heavy atom. The van der Waals surface area contributed by atoms with Crippen molar-refractivity contribution >= 4 is 22.7 Å². The molecule has 0 heterocycles. The van der Waals surface area contributed by atoms with Crippen LogP contribution in [0.5, 0.6) is 0 Å². The van der Waals surface area contributed by atoms with E-state index in [1.807, 2.05) is 55.4 Å². The average molecular weight is 515 g/mol. The van der Waals surface area contributed by atoms with Crippen molar-refractivity contribution in [1.82, 2.24) is 0 Å². The highest BCUT2D eigenvalue weighted by Crippen LogP contribution is 2.31. The maximum Gasteiger partial charge on any atom is 0.0373 e. The molecule has 0 atom stereocenters. The highest BCUT2D eigenvalue weighted by atomic mass is 17.0. The summed E-state index contributed by atoms with van der Waals surface area (Å²) in [6.45, 7) is 16.4. The van der Waals surface area contributed by atoms with Gasteiger partial charge in [-0.25, -0.2) is 0 Å². The topological polar surface area (TPSA) is 145 Å². The van der Waals surface area contributed by atoms with E-state index >= 15 is 0 Å². The summed E-state index contributed by atoms with van der Waals surface area (Å²) in [5.74, 6) is 0. The predicted molar refractivity (Wildman–Crippen MR) is 165 cm³/mol. The molecule has 0 saturated carbocycles. The van der Waals surface area contributed by atoms with Gasteiger partial charge in [-0.05, 0) is 171 Å². The van der Waals surface area contributed by atoms with Gasteiger partial charge < -0.3 is 22.9 Å². The molecule has 0 radical (unpaired) electrons. The molecule has 4 rings (SSSR count). The van der Waals surface area contributed by atoms with Crippen LogP contribution in [0.1, 0.15) is 44.5 Å². The standard InChI is InChI=1S/2C16H20N2.H2O2/c2*1-9-5-13(6-10(2)15(9)17)14-7-11(3)16(18)12(4)8-14;1-2/h2*5-8H,17-18H2,1-4H3;1-2H. The van der Waals surface area contributed by atoms with Gasteiger partial charge in [-0.1, -0.05) is 0 Å². The minimum absolute atomic E-state index is 0.877. The highest BCUT2D eigenvalue weighted by Gasteiger charge is 2.08. The Morgan fingerprint density at radius 2 is 0.421 bits per heavy atom. The quantitative estimate of drug-likeness (QED) is 0.0927. The number of hydrogen-bond donors (Lipinski definition) is 6. The van der Waals surface area contributed by atoms with E-state index in [-0.39, 0.29) is 0 Å². The van der Waals surface area contributed by atoms with Gasteiger partial charge in [0.05, 0.1) is 0 Å². The lowest BCUT2D eigenvalue weighted by Crippen LogP contribution is -1.97. The third kappa shape index (κ3) is 6.65. The number of nitrogen functional groups attached to an aromatic ring is 4. The molecule has 0 bridgehead atoms. The van der Waals surface area contributed by atoms with E-state index in [1.165, 1.54) is 22.3 Å². The fourth-order valence-electron chi connectivity index (χ4n) is 4.57. The first-order chi connectivity index (χ1) is 17.8. The largest absolute Gasteiger partial charge is 0.398 e. The molecular formula is C32H42N4O2. The summed E-state index contributed by atoms with van der Waals surface area (Å²) >= 11 is 0. The minimum atomic E-state index is 0.877. The molecular weight excluding hydrogens is 472 g/mol. The van der Waals surface area contributed by atoms with Crippen molar-refractivity contribution in [2.24, 2.45) is 0 Å². The molecule has 4 aromatic rings. The molecule has 0 unspecified atom stereocenters. The van der Waals surface area contributed by atoms with Crippen LogP contribution in [0.4, 0.5) is 22.7 Å². The second-order valence-electron chi connectivity index (χ2n) is 10.1. The Hall–Kier alpha value is -4.00. The Labute approximate surface area is 226 Å². The summed E-state index contributed by atoms with van der Waals surface area (Å²) in [6, 6.07) is 17.1. The van der Waals surface area contributed by atoms with Crippen LogP contribution in [0.3, 0.4) is 0 Å². The molecule has 0 aliphatic heterocycles. The first-order valence-electron chi connectivity index (χ1n) is 12.5. The fraction of sp³-hybridized carbons (Fsp3) is 0.250. The number of rotatable bonds is 2. The summed E-state index contributed by atoms with van der Waals surface area (Å²) in [4.78, 5) is 0. The van der Waals surface area contributed by atoms with E-state index in [9.17, 15) is 0 Å². The van der Waals surface area contributed by atoms with E-state index in [4.69, 9.17) is 33.4 Å². The van der Waals surface area contributed by atoms with Gasteiger partial charge in [0.2, 0.25) is 0 Å². The number of nitrogens with two attached hydrogens (primary N) is 4. The van der Waals surface area contributed by atoms with Crippen molar-refractivity contribution in [3.63, 3.8) is 0 Å². The maximum absolute atomic E-state index is 6.00. The van der Waals surface area contributed by atoms with Gasteiger partial charge in [-0.15, -0.1) is 0 Å². The number of benzene rings is 4. The number of aryl methyl sites for hydroxylation is 8. The van der Waals surface area contributed by atoms with Gasteiger partial charge in [0.25, 0.3) is 0 Å². The SMILES string of the molecule is Cc1cc(-c2cc(C)c(N)c(C)c2)cc(C)c1N.Cc1cc(-c2cc(C)c(N)c(C)c2)cc(C)c1N.OO. The van der Waals surface area contributed by atoms with Gasteiger partial charge in [-0.2, -0.15) is 0 Å². The van der Waals surface area contributed by atoms with Gasteiger partial charge in [0.1, 0.15) is 0 Å². The zero-order valence-corrected chi connectivity index (χ0v) is 23.8. The summed E-state index contributed by atoms with van der Waals surface area (Å²) in [7, 11) is 0. The second-order valence-corrected chi connectivity index (χ2v) is 10.1. The summed E-state index contributed by atoms with van der Waals surface area (Å²) in [6.07, 6.45) is 0. The van der Waals surface area contributed by atoms with Crippen LogP contribution in [0.2, 0.25) is 0 Å². The Bertz CT molecular complexity index is 1140. The lowest BCUT2D eigenvalue weighted by atomic mass is 9.95. The van der Waals surface area contributed by atoms with E-state index in [1.54, 1.807) is 0 Å². The van der Waals surface area contributed by atoms with E-state index in [0.29, 0.717) is 0 Å². The lowest BCUT2D eigenvalue weighted by molar-refractivity contribution is -0.176. The van der Waals surface area contributed by atoms with Crippen molar-refractivity contribution in [2.75, 3.05) is 22.9 Å². The first-order valence-corrected chi connectivity index (χ1v) is 12.5. The van der Waals surface area contributed by atoms with Crippen molar-refractivity contribution < 1.29 is 10.5 Å². The van der Waals surface area contributed by atoms with E-state index in [0.717, 1.165) is 67.3 Å². The van der Waals surface area contributed by atoms with Crippen LogP contribution in [0.25, 0.3) is 22.3 Å². The van der Waals surface area contributed by atoms with E-state index < -0.39 is 0 Å². The maximum atomic E-state index is 6.00. The van der Waals surface area contributed by atoms with Crippen molar-refractivity contribution in [1.29, 1.82) is 0 Å². The fourth-order valence-corrected chi connectivity index (χ4v) is 4.57. The normalized spacial score (nSPS) is 10.3. The second kappa shape index (κ2) is 12.5. The van der Waals surface area contributed by atoms with Crippen molar-refractivity contribution in [3.05, 3.63) is 93.0 Å². The van der Waals surface area contributed by atoms with Crippen LogP contribution >= 0.6 is 0 Å². The molecule has 0 amide bonds. The molecule has 0 saturated heterocycles. The smallest absolute Gasteiger partial charge is 0.0373 e. The molecule has 0 aliphatic rings. The summed E-state index contributed by atoms with van der Waals surface area (Å²) in [5.41, 5.74) is 41.3.